The third-order valence-electron chi connectivity index (χ3n) is 6.17. The van der Waals surface area contributed by atoms with E-state index in [0.717, 1.165) is 17.5 Å². The zero-order valence-electron chi connectivity index (χ0n) is 18.8. The summed E-state index contributed by atoms with van der Waals surface area (Å²) >= 11 is 0. The molecule has 3 atom stereocenters. The number of carbonyl (C=O) groups is 2. The quantitative estimate of drug-likeness (QED) is 0.703. The van der Waals surface area contributed by atoms with Crippen LogP contribution in [0.1, 0.15) is 37.3 Å². The molecular weight excluding hydrogens is 421 g/mol. The standard InChI is InChI=1S/C26H28FN3O3/c1-17(2)4-3-5-18-6-8-19(9-7-18)25-22-14-29(15-24(32)30(22)23(25)16-31)26(33)28-21-12-10-20(27)11-13-21/h6-13,17,22-23,25,31H,4,14-16H2,1-2H3,(H,28,33)/t22-,23-,25+/m1/s1. The molecule has 7 heteroatoms. The fraction of sp³-hybridized carbons (Fsp3) is 0.385. The number of fused-ring (bicyclic) bond motifs is 1. The number of carbonyl (C=O) groups excluding carboxylic acids is 2. The van der Waals surface area contributed by atoms with Crippen molar-refractivity contribution >= 4 is 17.6 Å². The minimum Gasteiger partial charge on any atom is -0.394 e. The molecule has 0 spiro atoms. The summed E-state index contributed by atoms with van der Waals surface area (Å²) in [5.74, 6) is 6.22. The molecule has 3 amide bonds. The summed E-state index contributed by atoms with van der Waals surface area (Å²) in [5, 5.41) is 12.7. The van der Waals surface area contributed by atoms with Crippen LogP contribution in [-0.2, 0) is 4.79 Å². The van der Waals surface area contributed by atoms with Crippen molar-refractivity contribution in [2.75, 3.05) is 25.0 Å². The molecule has 2 N–H and O–H groups in total. The maximum atomic E-state index is 13.1. The van der Waals surface area contributed by atoms with Gasteiger partial charge in [0.15, 0.2) is 0 Å². The minimum atomic E-state index is -0.406. The molecule has 2 aliphatic heterocycles. The van der Waals surface area contributed by atoms with Gasteiger partial charge in [-0.2, -0.15) is 0 Å². The first-order valence-corrected chi connectivity index (χ1v) is 11.2. The summed E-state index contributed by atoms with van der Waals surface area (Å²) in [4.78, 5) is 28.7. The van der Waals surface area contributed by atoms with E-state index in [2.05, 4.69) is 31.0 Å². The number of anilines is 1. The Kier molecular flexibility index (Phi) is 6.66. The van der Waals surface area contributed by atoms with Crippen LogP contribution in [0.4, 0.5) is 14.9 Å². The predicted octanol–water partition coefficient (Wildman–Crippen LogP) is 3.43. The van der Waals surface area contributed by atoms with E-state index in [1.807, 2.05) is 24.3 Å². The Labute approximate surface area is 193 Å². The number of rotatable bonds is 4. The van der Waals surface area contributed by atoms with E-state index in [-0.39, 0.29) is 42.9 Å². The van der Waals surface area contributed by atoms with Crippen molar-refractivity contribution in [2.24, 2.45) is 5.92 Å². The number of nitrogens with one attached hydrogen (secondary N) is 1. The fourth-order valence-corrected chi connectivity index (χ4v) is 4.54. The maximum absolute atomic E-state index is 13.1. The van der Waals surface area contributed by atoms with Crippen LogP contribution in [-0.4, -0.2) is 58.6 Å². The van der Waals surface area contributed by atoms with Gasteiger partial charge in [-0.25, -0.2) is 9.18 Å². The summed E-state index contributed by atoms with van der Waals surface area (Å²) in [5.41, 5.74) is 2.40. The number of hydrogen-bond donors (Lipinski definition) is 2. The van der Waals surface area contributed by atoms with Crippen LogP contribution >= 0.6 is 0 Å². The second-order valence-corrected chi connectivity index (χ2v) is 8.98. The van der Waals surface area contributed by atoms with Crippen molar-refractivity contribution in [2.45, 2.75) is 38.3 Å². The Balaban J connectivity index is 1.47. The van der Waals surface area contributed by atoms with Crippen LogP contribution in [0.5, 0.6) is 0 Å². The molecule has 6 nitrogen and oxygen atoms in total. The van der Waals surface area contributed by atoms with Crippen LogP contribution in [0, 0.1) is 23.6 Å². The molecule has 33 heavy (non-hydrogen) atoms. The highest BCUT2D eigenvalue weighted by Crippen LogP contribution is 2.43. The Morgan fingerprint density at radius 1 is 1.18 bits per heavy atom. The highest BCUT2D eigenvalue weighted by atomic mass is 19.1. The molecular formula is C26H28FN3O3. The van der Waals surface area contributed by atoms with E-state index in [1.54, 1.807) is 4.90 Å². The van der Waals surface area contributed by atoms with Crippen molar-refractivity contribution in [1.29, 1.82) is 0 Å². The summed E-state index contributed by atoms with van der Waals surface area (Å²) < 4.78 is 13.1. The van der Waals surface area contributed by atoms with Gasteiger partial charge in [-0.15, -0.1) is 0 Å². The second-order valence-electron chi connectivity index (χ2n) is 8.98. The second kappa shape index (κ2) is 9.63. The number of urea groups is 1. The average molecular weight is 450 g/mol. The third kappa shape index (κ3) is 4.86. The maximum Gasteiger partial charge on any atom is 0.322 e. The van der Waals surface area contributed by atoms with Gasteiger partial charge in [-0.3, -0.25) is 4.79 Å². The number of hydrogen-bond acceptors (Lipinski definition) is 3. The van der Waals surface area contributed by atoms with Gasteiger partial charge in [0.2, 0.25) is 5.91 Å². The van der Waals surface area contributed by atoms with E-state index >= 15 is 0 Å². The van der Waals surface area contributed by atoms with E-state index in [0.29, 0.717) is 18.2 Å². The summed E-state index contributed by atoms with van der Waals surface area (Å²) in [7, 11) is 0. The molecule has 2 saturated heterocycles. The Morgan fingerprint density at radius 2 is 1.88 bits per heavy atom. The molecule has 2 aromatic rings. The molecule has 2 heterocycles. The van der Waals surface area contributed by atoms with Gasteiger partial charge in [0, 0.05) is 30.1 Å². The smallest absolute Gasteiger partial charge is 0.322 e. The first kappa shape index (κ1) is 22.8. The zero-order chi connectivity index (χ0) is 23.5. The number of piperazine rings is 1. The largest absolute Gasteiger partial charge is 0.394 e. The summed E-state index contributed by atoms with van der Waals surface area (Å²) in [6, 6.07) is 12.5. The predicted molar refractivity (Wildman–Crippen MR) is 124 cm³/mol. The molecule has 2 fully saturated rings. The van der Waals surface area contributed by atoms with Crippen LogP contribution in [0.2, 0.25) is 0 Å². The Hall–Kier alpha value is -3.37. The van der Waals surface area contributed by atoms with E-state index in [4.69, 9.17) is 0 Å². The highest BCUT2D eigenvalue weighted by Gasteiger charge is 2.54. The molecule has 4 rings (SSSR count). The number of aliphatic hydroxyl groups excluding tert-OH is 1. The van der Waals surface area contributed by atoms with Crippen molar-refractivity contribution in [3.63, 3.8) is 0 Å². The van der Waals surface area contributed by atoms with E-state index in [1.165, 1.54) is 29.2 Å². The molecule has 2 aliphatic rings. The van der Waals surface area contributed by atoms with Crippen molar-refractivity contribution in [3.05, 3.63) is 65.5 Å². The molecule has 0 saturated carbocycles. The molecule has 0 aliphatic carbocycles. The van der Waals surface area contributed by atoms with E-state index in [9.17, 15) is 19.1 Å². The molecule has 172 valence electrons. The van der Waals surface area contributed by atoms with Gasteiger partial charge in [-0.05, 0) is 47.9 Å². The van der Waals surface area contributed by atoms with Crippen molar-refractivity contribution in [3.8, 4) is 11.8 Å². The normalized spacial score (nSPS) is 21.7. The lowest BCUT2D eigenvalue weighted by atomic mass is 9.73. The average Bonchev–Trinajstić information content (AvgIpc) is 2.77. The Morgan fingerprint density at radius 3 is 2.52 bits per heavy atom. The molecule has 2 aromatic carbocycles. The molecule has 0 aromatic heterocycles. The SMILES string of the molecule is CC(C)CC#Cc1ccc([C@@H]2[C@@H](CO)N3C(=O)CN(C(=O)Nc4ccc(F)cc4)C[C@H]23)cc1. The lowest BCUT2D eigenvalue weighted by Gasteiger charge is -2.58. The molecule has 0 unspecified atom stereocenters. The molecule has 0 radical (unpaired) electrons. The van der Waals surface area contributed by atoms with Crippen molar-refractivity contribution < 1.29 is 19.1 Å². The number of amides is 3. The lowest BCUT2D eigenvalue weighted by molar-refractivity contribution is -0.159. The van der Waals surface area contributed by atoms with Gasteiger partial charge in [0.1, 0.15) is 12.4 Å². The number of aliphatic hydroxyl groups is 1. The van der Waals surface area contributed by atoms with Crippen LogP contribution in [0.3, 0.4) is 0 Å². The van der Waals surface area contributed by atoms with Gasteiger partial charge in [-0.1, -0.05) is 37.8 Å². The van der Waals surface area contributed by atoms with Gasteiger partial charge < -0.3 is 20.2 Å². The van der Waals surface area contributed by atoms with Crippen LogP contribution in [0.15, 0.2) is 48.5 Å². The summed E-state index contributed by atoms with van der Waals surface area (Å²) in [6.07, 6.45) is 0.839. The van der Waals surface area contributed by atoms with Crippen molar-refractivity contribution in [1.82, 2.24) is 9.80 Å². The zero-order valence-corrected chi connectivity index (χ0v) is 18.8. The lowest BCUT2D eigenvalue weighted by Crippen LogP contribution is -2.73. The fourth-order valence-electron chi connectivity index (χ4n) is 4.54. The number of halogens is 1. The molecule has 0 bridgehead atoms. The van der Waals surface area contributed by atoms with Crippen LogP contribution in [0.25, 0.3) is 0 Å². The summed E-state index contributed by atoms with van der Waals surface area (Å²) in [6.45, 7) is 4.42. The van der Waals surface area contributed by atoms with E-state index < -0.39 is 6.03 Å². The first-order valence-electron chi connectivity index (χ1n) is 11.2. The monoisotopic (exact) mass is 449 g/mol. The Bertz CT molecular complexity index is 1070. The highest BCUT2D eigenvalue weighted by molar-refractivity contribution is 5.93. The third-order valence-corrected chi connectivity index (χ3v) is 6.17. The van der Waals surface area contributed by atoms with Crippen LogP contribution < -0.4 is 5.32 Å². The number of nitrogens with zero attached hydrogens (tertiary/aromatic N) is 2. The van der Waals surface area contributed by atoms with Gasteiger partial charge in [0.25, 0.3) is 0 Å². The van der Waals surface area contributed by atoms with Gasteiger partial charge >= 0.3 is 6.03 Å². The number of benzene rings is 2. The first-order chi connectivity index (χ1) is 15.9. The minimum absolute atomic E-state index is 0.0584. The topological polar surface area (TPSA) is 72.9 Å². The van der Waals surface area contributed by atoms with Gasteiger partial charge in [0.05, 0.1) is 18.7 Å².